The van der Waals surface area contributed by atoms with Crippen molar-refractivity contribution in [1.29, 1.82) is 0 Å². The molecule has 92 valence electrons. The Morgan fingerprint density at radius 2 is 1.44 bits per heavy atom. The monoisotopic (exact) mass is 301 g/mol. The average Bonchev–Trinajstić information content (AvgIpc) is 2.37. The van der Waals surface area contributed by atoms with Crippen molar-refractivity contribution >= 4 is 21.7 Å². The Hall–Kier alpha value is -1.41. The predicted molar refractivity (Wildman–Crippen MR) is 72.0 cm³/mol. The molecule has 1 heterocycles. The SMILES string of the molecule is CC(C)[n+]1cc2ccccc2c2ccccc21.[Br-]. The Labute approximate surface area is 118 Å². The van der Waals surface area contributed by atoms with E-state index in [-0.39, 0.29) is 17.0 Å². The summed E-state index contributed by atoms with van der Waals surface area (Å²) in [6.45, 7) is 4.45. The van der Waals surface area contributed by atoms with Crippen LogP contribution < -0.4 is 21.5 Å². The second-order valence-corrected chi connectivity index (χ2v) is 4.73. The summed E-state index contributed by atoms with van der Waals surface area (Å²) in [6, 6.07) is 17.7. The van der Waals surface area contributed by atoms with E-state index in [1.165, 1.54) is 21.7 Å². The summed E-state index contributed by atoms with van der Waals surface area (Å²) >= 11 is 0. The molecule has 3 rings (SSSR count). The van der Waals surface area contributed by atoms with Gasteiger partial charge in [-0.05, 0) is 26.0 Å². The minimum atomic E-state index is 0. The molecule has 0 aliphatic heterocycles. The van der Waals surface area contributed by atoms with E-state index in [1.54, 1.807) is 0 Å². The van der Waals surface area contributed by atoms with Gasteiger partial charge < -0.3 is 17.0 Å². The fourth-order valence-corrected chi connectivity index (χ4v) is 2.43. The summed E-state index contributed by atoms with van der Waals surface area (Å²) in [5.41, 5.74) is 1.31. The zero-order valence-corrected chi connectivity index (χ0v) is 12.2. The topological polar surface area (TPSA) is 3.88 Å². The van der Waals surface area contributed by atoms with Crippen molar-refractivity contribution in [3.63, 3.8) is 0 Å². The van der Waals surface area contributed by atoms with Crippen molar-refractivity contribution in [3.8, 4) is 0 Å². The number of benzene rings is 2. The maximum Gasteiger partial charge on any atom is 0.213 e. The number of hydrogen-bond acceptors (Lipinski definition) is 0. The third kappa shape index (κ3) is 2.01. The highest BCUT2D eigenvalue weighted by atomic mass is 79.9. The van der Waals surface area contributed by atoms with Gasteiger partial charge in [0.1, 0.15) is 0 Å². The van der Waals surface area contributed by atoms with Crippen LogP contribution in [-0.4, -0.2) is 0 Å². The predicted octanol–water partition coefficient (Wildman–Crippen LogP) is 0.865. The molecule has 0 atom stereocenters. The van der Waals surface area contributed by atoms with Gasteiger partial charge in [-0.3, -0.25) is 0 Å². The lowest BCUT2D eigenvalue weighted by molar-refractivity contribution is -0.690. The van der Waals surface area contributed by atoms with Crippen LogP contribution in [0.3, 0.4) is 0 Å². The van der Waals surface area contributed by atoms with Crippen LogP contribution in [-0.2, 0) is 0 Å². The number of nitrogens with zero attached hydrogens (tertiary/aromatic N) is 1. The minimum Gasteiger partial charge on any atom is -1.00 e. The normalized spacial score (nSPS) is 10.8. The van der Waals surface area contributed by atoms with Gasteiger partial charge in [-0.25, -0.2) is 0 Å². The molecule has 0 saturated heterocycles. The third-order valence-electron chi connectivity index (χ3n) is 3.27. The number of para-hydroxylation sites is 1. The van der Waals surface area contributed by atoms with Crippen LogP contribution in [0.4, 0.5) is 0 Å². The van der Waals surface area contributed by atoms with Crippen molar-refractivity contribution in [3.05, 3.63) is 54.7 Å². The number of rotatable bonds is 1. The lowest BCUT2D eigenvalue weighted by atomic mass is 10.1. The molecule has 0 aliphatic rings. The van der Waals surface area contributed by atoms with Crippen molar-refractivity contribution in [2.24, 2.45) is 0 Å². The van der Waals surface area contributed by atoms with E-state index in [0.29, 0.717) is 6.04 Å². The zero-order valence-electron chi connectivity index (χ0n) is 10.6. The molecule has 2 heteroatoms. The molecule has 2 aromatic carbocycles. The number of halogens is 1. The van der Waals surface area contributed by atoms with E-state index < -0.39 is 0 Å². The number of aromatic nitrogens is 1. The molecule has 1 aromatic heterocycles. The summed E-state index contributed by atoms with van der Waals surface area (Å²) < 4.78 is 2.34. The molecule has 1 nitrogen and oxygen atoms in total. The lowest BCUT2D eigenvalue weighted by Crippen LogP contribution is -3.00. The summed E-state index contributed by atoms with van der Waals surface area (Å²) in [5.74, 6) is 0. The molecule has 18 heavy (non-hydrogen) atoms. The van der Waals surface area contributed by atoms with Gasteiger partial charge in [0.05, 0.1) is 5.39 Å². The van der Waals surface area contributed by atoms with E-state index in [4.69, 9.17) is 0 Å². The van der Waals surface area contributed by atoms with Gasteiger partial charge in [0.25, 0.3) is 0 Å². The van der Waals surface area contributed by atoms with Gasteiger partial charge in [0.2, 0.25) is 5.52 Å². The van der Waals surface area contributed by atoms with Crippen LogP contribution >= 0.6 is 0 Å². The van der Waals surface area contributed by atoms with Gasteiger partial charge in [-0.2, -0.15) is 4.57 Å². The smallest absolute Gasteiger partial charge is 0.213 e. The molecule has 0 fully saturated rings. The maximum atomic E-state index is 2.34. The number of pyridine rings is 1. The average molecular weight is 302 g/mol. The van der Waals surface area contributed by atoms with Gasteiger partial charge in [-0.1, -0.05) is 30.3 Å². The summed E-state index contributed by atoms with van der Waals surface area (Å²) in [4.78, 5) is 0. The highest BCUT2D eigenvalue weighted by Crippen LogP contribution is 2.22. The summed E-state index contributed by atoms with van der Waals surface area (Å²) in [7, 11) is 0. The molecule has 0 N–H and O–H groups in total. The van der Waals surface area contributed by atoms with Gasteiger partial charge in [0.15, 0.2) is 12.2 Å². The first-order valence-electron chi connectivity index (χ1n) is 6.09. The number of hydrogen-bond donors (Lipinski definition) is 0. The van der Waals surface area contributed by atoms with Gasteiger partial charge in [-0.15, -0.1) is 0 Å². The lowest BCUT2D eigenvalue weighted by Gasteiger charge is -2.07. The molecule has 0 amide bonds. The molecular formula is C16H16BrN. The molecule has 0 aliphatic carbocycles. The van der Waals surface area contributed by atoms with E-state index in [1.807, 2.05) is 0 Å². The zero-order chi connectivity index (χ0) is 11.8. The van der Waals surface area contributed by atoms with Gasteiger partial charge in [0, 0.05) is 16.8 Å². The Morgan fingerprint density at radius 1 is 0.833 bits per heavy atom. The van der Waals surface area contributed by atoms with Crippen LogP contribution in [0.5, 0.6) is 0 Å². The first kappa shape index (κ1) is 13.0. The Balaban J connectivity index is 0.00000120. The highest BCUT2D eigenvalue weighted by Gasteiger charge is 2.14. The quantitative estimate of drug-likeness (QED) is 0.464. The maximum absolute atomic E-state index is 2.34. The molecule has 0 bridgehead atoms. The third-order valence-corrected chi connectivity index (χ3v) is 3.27. The van der Waals surface area contributed by atoms with Crippen LogP contribution in [0.25, 0.3) is 21.7 Å². The Kier molecular flexibility index (Phi) is 3.67. The summed E-state index contributed by atoms with van der Waals surface area (Å²) in [5, 5.41) is 3.97. The van der Waals surface area contributed by atoms with E-state index in [9.17, 15) is 0 Å². The van der Waals surface area contributed by atoms with Crippen molar-refractivity contribution in [2.75, 3.05) is 0 Å². The van der Waals surface area contributed by atoms with Crippen LogP contribution in [0, 0.1) is 0 Å². The van der Waals surface area contributed by atoms with E-state index in [0.717, 1.165) is 0 Å². The van der Waals surface area contributed by atoms with Crippen LogP contribution in [0.2, 0.25) is 0 Å². The first-order chi connectivity index (χ1) is 8.27. The number of fused-ring (bicyclic) bond motifs is 3. The molecule has 3 aromatic rings. The Bertz CT molecular complexity index is 689. The van der Waals surface area contributed by atoms with Crippen LogP contribution in [0.1, 0.15) is 19.9 Å². The molecule has 0 radical (unpaired) electrons. The molecule has 0 saturated carbocycles. The first-order valence-corrected chi connectivity index (χ1v) is 6.09. The Morgan fingerprint density at radius 3 is 2.17 bits per heavy atom. The highest BCUT2D eigenvalue weighted by molar-refractivity contribution is 6.03. The van der Waals surface area contributed by atoms with Crippen LogP contribution in [0.15, 0.2) is 54.7 Å². The van der Waals surface area contributed by atoms with E-state index >= 15 is 0 Å². The minimum absolute atomic E-state index is 0. The fraction of sp³-hybridized carbons (Fsp3) is 0.188. The second-order valence-electron chi connectivity index (χ2n) is 4.73. The van der Waals surface area contributed by atoms with Crippen molar-refractivity contribution in [1.82, 2.24) is 0 Å². The van der Waals surface area contributed by atoms with Gasteiger partial charge >= 0.3 is 0 Å². The van der Waals surface area contributed by atoms with Crippen molar-refractivity contribution < 1.29 is 21.5 Å². The molecule has 0 spiro atoms. The van der Waals surface area contributed by atoms with E-state index in [2.05, 4.69) is 73.1 Å². The molecular weight excluding hydrogens is 286 g/mol. The largest absolute Gasteiger partial charge is 1.00 e. The standard InChI is InChI=1S/C16H16N.BrH/c1-12(2)17-11-13-7-3-4-8-14(13)15-9-5-6-10-16(15)17;/h3-12H,1-2H3;1H/q+1;/p-1. The summed E-state index contributed by atoms with van der Waals surface area (Å²) in [6.07, 6.45) is 2.25. The molecule has 0 unspecified atom stereocenters. The van der Waals surface area contributed by atoms with Crippen molar-refractivity contribution in [2.45, 2.75) is 19.9 Å². The fourth-order valence-electron chi connectivity index (χ4n) is 2.43. The second kappa shape index (κ2) is 5.07.